The van der Waals surface area contributed by atoms with Crippen molar-refractivity contribution in [2.24, 2.45) is 5.73 Å². The number of aromatic hydroxyl groups is 3. The summed E-state index contributed by atoms with van der Waals surface area (Å²) in [6, 6.07) is 1.64. The average Bonchev–Trinajstić information content (AvgIpc) is 2.28. The number of nitrogens with two attached hydrogens (primary N) is 1. The van der Waals surface area contributed by atoms with Gasteiger partial charge in [-0.2, -0.15) is 0 Å². The molecule has 1 rings (SSSR count). The summed E-state index contributed by atoms with van der Waals surface area (Å²) in [5, 5.41) is 27.8. The third kappa shape index (κ3) is 2.34. The monoisotopic (exact) mass is 227 g/mol. The molecule has 5 N–H and O–H groups in total. The highest BCUT2D eigenvalue weighted by Gasteiger charge is 2.18. The molecule has 0 fully saturated rings. The second-order valence-corrected chi connectivity index (χ2v) is 3.27. The zero-order valence-corrected chi connectivity index (χ0v) is 8.67. The Kier molecular flexibility index (Phi) is 3.57. The van der Waals surface area contributed by atoms with Gasteiger partial charge in [-0.15, -0.1) is 0 Å². The summed E-state index contributed by atoms with van der Waals surface area (Å²) in [4.78, 5) is 11.0. The third-order valence-corrected chi connectivity index (χ3v) is 2.16. The Balaban J connectivity index is 2.90. The van der Waals surface area contributed by atoms with Gasteiger partial charge in [-0.05, 0) is 6.07 Å². The van der Waals surface area contributed by atoms with E-state index in [0.29, 0.717) is 0 Å². The van der Waals surface area contributed by atoms with Gasteiger partial charge in [-0.1, -0.05) is 6.07 Å². The van der Waals surface area contributed by atoms with Crippen LogP contribution in [0.4, 0.5) is 0 Å². The van der Waals surface area contributed by atoms with E-state index in [9.17, 15) is 15.0 Å². The van der Waals surface area contributed by atoms with Gasteiger partial charge in [0.2, 0.25) is 5.75 Å². The maximum Gasteiger partial charge on any atom is 0.322 e. The van der Waals surface area contributed by atoms with E-state index in [-0.39, 0.29) is 12.0 Å². The molecule has 0 aliphatic heterocycles. The first-order valence-electron chi connectivity index (χ1n) is 4.53. The maximum absolute atomic E-state index is 11.0. The van der Waals surface area contributed by atoms with E-state index in [1.165, 1.54) is 19.2 Å². The molecule has 1 aromatic carbocycles. The molecule has 0 bridgehead atoms. The average molecular weight is 227 g/mol. The van der Waals surface area contributed by atoms with Crippen molar-refractivity contribution in [2.75, 3.05) is 7.11 Å². The molecule has 0 radical (unpaired) electrons. The lowest BCUT2D eigenvalue weighted by Gasteiger charge is -2.11. The summed E-state index contributed by atoms with van der Waals surface area (Å²) in [6.07, 6.45) is 0.00630. The van der Waals surface area contributed by atoms with Crippen molar-refractivity contribution in [3.8, 4) is 17.2 Å². The van der Waals surface area contributed by atoms with Crippen LogP contribution in [0.5, 0.6) is 17.2 Å². The molecule has 0 aliphatic carbocycles. The molecule has 6 nitrogen and oxygen atoms in total. The van der Waals surface area contributed by atoms with Crippen molar-refractivity contribution in [2.45, 2.75) is 12.5 Å². The van der Waals surface area contributed by atoms with Gasteiger partial charge in [0.15, 0.2) is 11.5 Å². The molecule has 0 amide bonds. The molecule has 1 atom stereocenters. The predicted molar refractivity (Wildman–Crippen MR) is 55.1 cm³/mol. The minimum atomic E-state index is -0.931. The number of carbonyl (C=O) groups excluding carboxylic acids is 1. The number of phenolic OH excluding ortho intramolecular Hbond substituents is 3. The van der Waals surface area contributed by atoms with Crippen LogP contribution < -0.4 is 5.73 Å². The number of phenols is 3. The number of hydrogen-bond donors (Lipinski definition) is 4. The topological polar surface area (TPSA) is 113 Å². The van der Waals surface area contributed by atoms with Crippen molar-refractivity contribution < 1.29 is 24.9 Å². The zero-order chi connectivity index (χ0) is 12.3. The predicted octanol–water partition coefficient (Wildman–Crippen LogP) is -0.154. The highest BCUT2D eigenvalue weighted by molar-refractivity contribution is 5.76. The summed E-state index contributed by atoms with van der Waals surface area (Å²) < 4.78 is 4.42. The molecule has 1 aromatic rings. The van der Waals surface area contributed by atoms with Gasteiger partial charge in [-0.25, -0.2) is 0 Å². The van der Waals surface area contributed by atoms with E-state index < -0.39 is 29.3 Å². The zero-order valence-electron chi connectivity index (χ0n) is 8.67. The Bertz CT molecular complexity index is 404. The molecular weight excluding hydrogens is 214 g/mol. The lowest BCUT2D eigenvalue weighted by Crippen LogP contribution is -2.33. The van der Waals surface area contributed by atoms with Crippen molar-refractivity contribution in [3.63, 3.8) is 0 Å². The molecule has 16 heavy (non-hydrogen) atoms. The normalized spacial score (nSPS) is 12.1. The number of esters is 1. The van der Waals surface area contributed by atoms with E-state index in [1.54, 1.807) is 0 Å². The van der Waals surface area contributed by atoms with Crippen LogP contribution in [-0.2, 0) is 16.0 Å². The summed E-state index contributed by atoms with van der Waals surface area (Å²) >= 11 is 0. The molecule has 0 saturated carbocycles. The minimum Gasteiger partial charge on any atom is -0.504 e. The van der Waals surface area contributed by atoms with Gasteiger partial charge >= 0.3 is 5.97 Å². The van der Waals surface area contributed by atoms with Crippen LogP contribution in [0, 0.1) is 0 Å². The fourth-order valence-corrected chi connectivity index (χ4v) is 1.25. The largest absolute Gasteiger partial charge is 0.504 e. The van der Waals surface area contributed by atoms with Crippen molar-refractivity contribution >= 4 is 5.97 Å². The number of carbonyl (C=O) groups is 1. The van der Waals surface area contributed by atoms with Crippen molar-refractivity contribution in [1.82, 2.24) is 0 Å². The lowest BCUT2D eigenvalue weighted by atomic mass is 10.0. The second kappa shape index (κ2) is 4.71. The van der Waals surface area contributed by atoms with Gasteiger partial charge in [0.05, 0.1) is 7.11 Å². The molecule has 0 heterocycles. The molecule has 0 unspecified atom stereocenters. The molecule has 0 aliphatic rings. The Hall–Kier alpha value is -1.95. The van der Waals surface area contributed by atoms with Crippen LogP contribution in [0.25, 0.3) is 0 Å². The number of benzene rings is 1. The molecule has 0 spiro atoms. The first kappa shape index (κ1) is 12.1. The van der Waals surface area contributed by atoms with E-state index in [1.807, 2.05) is 0 Å². The highest BCUT2D eigenvalue weighted by Crippen LogP contribution is 2.37. The number of ether oxygens (including phenoxy) is 1. The quantitative estimate of drug-likeness (QED) is 0.422. The summed E-state index contributed by atoms with van der Waals surface area (Å²) in [7, 11) is 1.20. The molecule has 0 saturated heterocycles. The minimum absolute atomic E-state index is 0.00630. The van der Waals surface area contributed by atoms with Crippen LogP contribution >= 0.6 is 0 Å². The number of hydrogen-bond acceptors (Lipinski definition) is 6. The standard InChI is InChI=1S/C10H13NO5/c1-16-10(15)6(11)4-5-2-3-7(12)9(14)8(5)13/h2-3,6,12-14H,4,11H2,1H3/t6-/m0/s1. The lowest BCUT2D eigenvalue weighted by molar-refractivity contribution is -0.142. The van der Waals surface area contributed by atoms with E-state index in [2.05, 4.69) is 4.74 Å². The number of rotatable bonds is 3. The Morgan fingerprint density at radius 3 is 2.56 bits per heavy atom. The first-order valence-corrected chi connectivity index (χ1v) is 4.53. The highest BCUT2D eigenvalue weighted by atomic mass is 16.5. The van der Waals surface area contributed by atoms with Gasteiger partial charge in [-0.3, -0.25) is 4.79 Å². The van der Waals surface area contributed by atoms with Crippen LogP contribution in [0.3, 0.4) is 0 Å². The summed E-state index contributed by atoms with van der Waals surface area (Å²) in [5.74, 6) is -2.17. The SMILES string of the molecule is COC(=O)[C@@H](N)Cc1ccc(O)c(O)c1O. The molecule has 0 aromatic heterocycles. The molecular formula is C10H13NO5. The van der Waals surface area contributed by atoms with Gasteiger partial charge in [0.1, 0.15) is 6.04 Å². The second-order valence-electron chi connectivity index (χ2n) is 3.27. The van der Waals surface area contributed by atoms with Crippen LogP contribution in [0.2, 0.25) is 0 Å². The Morgan fingerprint density at radius 2 is 2.00 bits per heavy atom. The fraction of sp³-hybridized carbons (Fsp3) is 0.300. The summed E-state index contributed by atoms with van der Waals surface area (Å²) in [6.45, 7) is 0. The van der Waals surface area contributed by atoms with Crippen molar-refractivity contribution in [3.05, 3.63) is 17.7 Å². The molecule has 88 valence electrons. The van der Waals surface area contributed by atoms with Crippen LogP contribution in [0.15, 0.2) is 12.1 Å². The van der Waals surface area contributed by atoms with Gasteiger partial charge in [0, 0.05) is 12.0 Å². The molecule has 6 heteroatoms. The Labute approximate surface area is 91.9 Å². The Morgan fingerprint density at radius 1 is 1.38 bits per heavy atom. The van der Waals surface area contributed by atoms with Gasteiger partial charge < -0.3 is 25.8 Å². The summed E-state index contributed by atoms with van der Waals surface area (Å²) in [5.41, 5.74) is 5.74. The van der Waals surface area contributed by atoms with E-state index in [0.717, 1.165) is 0 Å². The fourth-order valence-electron chi connectivity index (χ4n) is 1.25. The van der Waals surface area contributed by atoms with Gasteiger partial charge in [0.25, 0.3) is 0 Å². The maximum atomic E-state index is 11.0. The van der Waals surface area contributed by atoms with Crippen LogP contribution in [0.1, 0.15) is 5.56 Å². The number of methoxy groups -OCH3 is 1. The smallest absolute Gasteiger partial charge is 0.322 e. The third-order valence-electron chi connectivity index (χ3n) is 2.16. The van der Waals surface area contributed by atoms with Crippen molar-refractivity contribution in [1.29, 1.82) is 0 Å². The van der Waals surface area contributed by atoms with Crippen LogP contribution in [-0.4, -0.2) is 34.4 Å². The van der Waals surface area contributed by atoms with E-state index >= 15 is 0 Å². The first-order chi connectivity index (χ1) is 7.47. The van der Waals surface area contributed by atoms with E-state index in [4.69, 9.17) is 10.8 Å².